The molecule has 0 saturated carbocycles. The summed E-state index contributed by atoms with van der Waals surface area (Å²) in [7, 11) is -4.71. The summed E-state index contributed by atoms with van der Waals surface area (Å²) in [6, 6.07) is 0. The molecule has 1 aliphatic rings. The first-order valence-corrected chi connectivity index (χ1v) is 11.6. The van der Waals surface area contributed by atoms with E-state index >= 15 is 0 Å². The first-order chi connectivity index (χ1) is 13.3. The molecule has 1 unspecified atom stereocenters. The van der Waals surface area contributed by atoms with Gasteiger partial charge in [0.25, 0.3) is 0 Å². The number of unbranched alkanes of at least 4 members (excludes halogenated alkanes) is 9. The zero-order chi connectivity index (χ0) is 21.0. The smallest absolute Gasteiger partial charge is 0.387 e. The van der Waals surface area contributed by atoms with Crippen molar-refractivity contribution in [2.24, 2.45) is 0 Å². The van der Waals surface area contributed by atoms with Crippen molar-refractivity contribution in [3.05, 3.63) is 0 Å². The van der Waals surface area contributed by atoms with Crippen LogP contribution in [0.25, 0.3) is 0 Å². The second-order valence-electron chi connectivity index (χ2n) is 7.28. The second kappa shape index (κ2) is 13.8. The van der Waals surface area contributed by atoms with Gasteiger partial charge in [-0.2, -0.15) is 8.42 Å². The van der Waals surface area contributed by atoms with Crippen molar-refractivity contribution in [3.63, 3.8) is 0 Å². The van der Waals surface area contributed by atoms with E-state index in [1.807, 2.05) is 0 Å². The molecular formula is C18H36O9S. The maximum absolute atomic E-state index is 10.6. The average Bonchev–Trinajstić information content (AvgIpc) is 2.64. The highest BCUT2D eigenvalue weighted by molar-refractivity contribution is 7.80. The third-order valence-corrected chi connectivity index (χ3v) is 5.26. The Balaban J connectivity index is 2.20. The number of rotatable bonds is 15. The van der Waals surface area contributed by atoms with Crippen LogP contribution in [0.15, 0.2) is 0 Å². The lowest BCUT2D eigenvalue weighted by Crippen LogP contribution is -2.59. The van der Waals surface area contributed by atoms with Crippen LogP contribution in [0.5, 0.6) is 0 Å². The van der Waals surface area contributed by atoms with E-state index in [2.05, 4.69) is 11.1 Å². The van der Waals surface area contributed by atoms with Crippen LogP contribution in [0.1, 0.15) is 71.1 Å². The van der Waals surface area contributed by atoms with E-state index in [4.69, 9.17) is 14.0 Å². The zero-order valence-corrected chi connectivity index (χ0v) is 17.4. The van der Waals surface area contributed by atoms with E-state index in [0.29, 0.717) is 6.61 Å². The molecule has 0 aromatic carbocycles. The van der Waals surface area contributed by atoms with Gasteiger partial charge in [0.15, 0.2) is 6.29 Å². The van der Waals surface area contributed by atoms with Gasteiger partial charge < -0.3 is 24.8 Å². The number of hydrogen-bond acceptors (Lipinski definition) is 8. The van der Waals surface area contributed by atoms with Crippen molar-refractivity contribution in [3.8, 4) is 0 Å². The first kappa shape index (κ1) is 25.7. The number of aliphatic hydroxyl groups excluding tert-OH is 3. The Morgan fingerprint density at radius 3 is 1.89 bits per heavy atom. The van der Waals surface area contributed by atoms with E-state index in [9.17, 15) is 23.7 Å². The molecule has 0 bridgehead atoms. The number of hydrogen-bond donors (Lipinski definition) is 4. The van der Waals surface area contributed by atoms with Gasteiger partial charge in [0.2, 0.25) is 0 Å². The topological polar surface area (TPSA) is 143 Å². The molecule has 168 valence electrons. The van der Waals surface area contributed by atoms with Gasteiger partial charge in [0.05, 0.1) is 6.61 Å². The molecule has 9 nitrogen and oxygen atoms in total. The number of ether oxygens (including phenoxy) is 2. The molecule has 0 spiro atoms. The fraction of sp³-hybridized carbons (Fsp3) is 1.00. The van der Waals surface area contributed by atoms with Gasteiger partial charge in [-0.1, -0.05) is 64.7 Å². The summed E-state index contributed by atoms with van der Waals surface area (Å²) < 4.78 is 44.8. The summed E-state index contributed by atoms with van der Waals surface area (Å²) in [4.78, 5) is 0. The molecule has 28 heavy (non-hydrogen) atoms. The Morgan fingerprint density at radius 2 is 1.36 bits per heavy atom. The molecule has 0 amide bonds. The second-order valence-corrected chi connectivity index (χ2v) is 8.37. The summed E-state index contributed by atoms with van der Waals surface area (Å²) in [6.07, 6.45) is 4.55. The van der Waals surface area contributed by atoms with Gasteiger partial charge in [-0.15, -0.1) is 0 Å². The van der Waals surface area contributed by atoms with Crippen LogP contribution in [0.2, 0.25) is 0 Å². The van der Waals surface area contributed by atoms with Crippen LogP contribution in [0.4, 0.5) is 0 Å². The summed E-state index contributed by atoms with van der Waals surface area (Å²) >= 11 is 0. The molecule has 0 aromatic heterocycles. The van der Waals surface area contributed by atoms with Crippen LogP contribution in [-0.4, -0.2) is 72.2 Å². The van der Waals surface area contributed by atoms with Crippen molar-refractivity contribution >= 4 is 10.4 Å². The predicted molar refractivity (Wildman–Crippen MR) is 102 cm³/mol. The zero-order valence-electron chi connectivity index (χ0n) is 16.6. The quantitative estimate of drug-likeness (QED) is 0.226. The minimum absolute atomic E-state index is 0.299. The van der Waals surface area contributed by atoms with E-state index < -0.39 is 47.7 Å². The molecule has 1 saturated heterocycles. The standard InChI is InChI=1S/C18H36O9S/c1-2-3-4-5-6-7-8-9-10-11-12-25-18-17(21)16(20)15(19)14(27-18)13-26-28(22,23)24/h14-21H,2-13H2,1H3,(H,22,23,24)/t14-,15-,16+,17-,18?/m1/s1. The van der Waals surface area contributed by atoms with Gasteiger partial charge in [0, 0.05) is 6.61 Å². The Bertz CT molecular complexity index is 499. The van der Waals surface area contributed by atoms with Crippen LogP contribution in [0, 0.1) is 0 Å². The van der Waals surface area contributed by atoms with Crippen molar-refractivity contribution in [1.29, 1.82) is 0 Å². The van der Waals surface area contributed by atoms with E-state index in [1.54, 1.807) is 0 Å². The Hall–Kier alpha value is -0.330. The summed E-state index contributed by atoms with van der Waals surface area (Å²) in [5.41, 5.74) is 0. The lowest BCUT2D eigenvalue weighted by atomic mass is 9.99. The monoisotopic (exact) mass is 428 g/mol. The molecule has 1 heterocycles. The molecule has 1 aliphatic heterocycles. The Morgan fingerprint density at radius 1 is 0.821 bits per heavy atom. The minimum atomic E-state index is -4.71. The molecule has 1 fully saturated rings. The summed E-state index contributed by atoms with van der Waals surface area (Å²) in [6.45, 7) is 1.80. The van der Waals surface area contributed by atoms with E-state index in [0.717, 1.165) is 19.3 Å². The molecule has 4 N–H and O–H groups in total. The van der Waals surface area contributed by atoms with Gasteiger partial charge in [-0.05, 0) is 6.42 Å². The van der Waals surface area contributed by atoms with E-state index in [-0.39, 0.29) is 0 Å². The lowest BCUT2D eigenvalue weighted by Gasteiger charge is -2.39. The molecule has 0 aliphatic carbocycles. The van der Waals surface area contributed by atoms with Gasteiger partial charge in [-0.25, -0.2) is 4.18 Å². The third kappa shape index (κ3) is 10.4. The highest BCUT2D eigenvalue weighted by Crippen LogP contribution is 2.23. The molecule has 1 rings (SSSR count). The van der Waals surface area contributed by atoms with Crippen molar-refractivity contribution < 1.29 is 41.9 Å². The number of aliphatic hydroxyl groups is 3. The summed E-state index contributed by atoms with van der Waals surface area (Å²) in [5, 5.41) is 29.6. The Labute approximate surface area is 167 Å². The van der Waals surface area contributed by atoms with E-state index in [1.165, 1.54) is 44.9 Å². The molecular weight excluding hydrogens is 392 g/mol. The van der Waals surface area contributed by atoms with Crippen LogP contribution in [-0.2, 0) is 24.1 Å². The van der Waals surface area contributed by atoms with Crippen LogP contribution >= 0.6 is 0 Å². The molecule has 10 heteroatoms. The van der Waals surface area contributed by atoms with Crippen LogP contribution < -0.4 is 0 Å². The summed E-state index contributed by atoms with van der Waals surface area (Å²) in [5.74, 6) is 0. The largest absolute Gasteiger partial charge is 0.397 e. The van der Waals surface area contributed by atoms with Crippen molar-refractivity contribution in [1.82, 2.24) is 0 Å². The van der Waals surface area contributed by atoms with Gasteiger partial charge >= 0.3 is 10.4 Å². The molecule has 0 radical (unpaired) electrons. The van der Waals surface area contributed by atoms with Gasteiger partial charge in [-0.3, -0.25) is 4.55 Å². The molecule has 0 aromatic rings. The fourth-order valence-corrected chi connectivity index (χ4v) is 3.44. The maximum atomic E-state index is 10.6. The fourth-order valence-electron chi connectivity index (χ4n) is 3.13. The Kier molecular flexibility index (Phi) is 12.7. The maximum Gasteiger partial charge on any atom is 0.397 e. The normalized spacial score (nSPS) is 28.5. The highest BCUT2D eigenvalue weighted by atomic mass is 32.3. The predicted octanol–water partition coefficient (Wildman–Crippen LogP) is 1.55. The van der Waals surface area contributed by atoms with Crippen LogP contribution in [0.3, 0.4) is 0 Å². The lowest BCUT2D eigenvalue weighted by molar-refractivity contribution is -0.300. The highest BCUT2D eigenvalue weighted by Gasteiger charge is 2.44. The minimum Gasteiger partial charge on any atom is -0.387 e. The first-order valence-electron chi connectivity index (χ1n) is 10.2. The molecule has 5 atom stereocenters. The SMILES string of the molecule is CCCCCCCCCCCCOC1O[C@H](COS(=O)(=O)O)[C@@H](O)[C@H](O)[C@H]1O. The van der Waals surface area contributed by atoms with Gasteiger partial charge in [0.1, 0.15) is 24.4 Å². The average molecular weight is 429 g/mol. The van der Waals surface area contributed by atoms with Crippen molar-refractivity contribution in [2.45, 2.75) is 102 Å². The third-order valence-electron chi connectivity index (χ3n) is 4.83. The van der Waals surface area contributed by atoms with Crippen molar-refractivity contribution in [2.75, 3.05) is 13.2 Å².